The van der Waals surface area contributed by atoms with E-state index in [9.17, 15) is 4.79 Å². The Morgan fingerprint density at radius 3 is 2.46 bits per heavy atom. The van der Waals surface area contributed by atoms with Gasteiger partial charge in [0.1, 0.15) is 0 Å². The number of hydrogen-bond donors (Lipinski definition) is 0. The number of Topliss-reactive ketones (excluding diaryl/α,β-unsaturated/α-hetero) is 1. The molecule has 2 aromatic heterocycles. The monoisotopic (exact) mass is 366 g/mol. The number of ketones is 1. The molecule has 5 nitrogen and oxygen atoms in total. The lowest BCUT2D eigenvalue weighted by Gasteiger charge is -2.15. The highest BCUT2D eigenvalue weighted by Crippen LogP contribution is 2.30. The van der Waals surface area contributed by atoms with Crippen LogP contribution in [-0.4, -0.2) is 25.5 Å². The van der Waals surface area contributed by atoms with E-state index in [1.807, 2.05) is 37.6 Å². The van der Waals surface area contributed by atoms with Gasteiger partial charge in [-0.2, -0.15) is 0 Å². The molecule has 26 heavy (non-hydrogen) atoms. The number of pyridine rings is 1. The molecule has 1 aromatic carbocycles. The highest BCUT2D eigenvalue weighted by molar-refractivity contribution is 7.98. The third-order valence-electron chi connectivity index (χ3n) is 4.60. The highest BCUT2D eigenvalue weighted by Gasteiger charge is 2.16. The predicted octanol–water partition coefficient (Wildman–Crippen LogP) is 4.30. The van der Waals surface area contributed by atoms with Gasteiger partial charge in [0.05, 0.1) is 0 Å². The number of benzene rings is 1. The lowest BCUT2D eigenvalue weighted by Crippen LogP contribution is -2.05. The van der Waals surface area contributed by atoms with Crippen LogP contribution in [0.5, 0.6) is 0 Å². The first-order chi connectivity index (χ1) is 12.4. The van der Waals surface area contributed by atoms with Crippen molar-refractivity contribution in [3.05, 3.63) is 58.4 Å². The maximum absolute atomic E-state index is 12.0. The molecule has 0 N–H and O–H groups in total. The molecule has 0 atom stereocenters. The first kappa shape index (κ1) is 18.3. The van der Waals surface area contributed by atoms with Crippen LogP contribution in [0.4, 0.5) is 0 Å². The molecular weight excluding hydrogens is 344 g/mol. The molecule has 0 aliphatic carbocycles. The van der Waals surface area contributed by atoms with Gasteiger partial charge in [0.15, 0.2) is 16.8 Å². The van der Waals surface area contributed by atoms with E-state index in [-0.39, 0.29) is 5.78 Å². The van der Waals surface area contributed by atoms with E-state index < -0.39 is 0 Å². The number of carbonyl (C=O) groups is 1. The molecule has 3 rings (SSSR count). The van der Waals surface area contributed by atoms with Gasteiger partial charge >= 0.3 is 0 Å². The maximum atomic E-state index is 12.0. The van der Waals surface area contributed by atoms with Crippen molar-refractivity contribution >= 4 is 17.5 Å². The molecular formula is C20H22N4OS. The fourth-order valence-corrected chi connectivity index (χ4v) is 4.42. The van der Waals surface area contributed by atoms with Crippen LogP contribution >= 0.6 is 11.8 Å². The fourth-order valence-electron chi connectivity index (χ4n) is 3.32. The van der Waals surface area contributed by atoms with Crippen molar-refractivity contribution in [2.24, 2.45) is 7.05 Å². The Morgan fingerprint density at radius 2 is 1.81 bits per heavy atom. The number of rotatable bonds is 5. The summed E-state index contributed by atoms with van der Waals surface area (Å²) in [6, 6.07) is 5.94. The van der Waals surface area contributed by atoms with Gasteiger partial charge in [0.25, 0.3) is 0 Å². The molecule has 0 aliphatic heterocycles. The molecule has 0 aliphatic rings. The van der Waals surface area contributed by atoms with Crippen molar-refractivity contribution in [3.8, 4) is 11.4 Å². The second kappa shape index (κ2) is 7.41. The molecule has 3 aromatic rings. The molecule has 2 heterocycles. The average Bonchev–Trinajstić information content (AvgIpc) is 2.95. The zero-order chi connectivity index (χ0) is 18.8. The highest BCUT2D eigenvalue weighted by atomic mass is 32.2. The molecule has 0 amide bonds. The standard InChI is InChI=1S/C20H22N4OS/c1-12-10-13(2)18(15(4)25)14(3)17(12)11-26-20-23-22-19(24(20)5)16-6-8-21-9-7-16/h6-10H,11H2,1-5H3. The molecule has 0 fully saturated rings. The number of aryl methyl sites for hydroxylation is 2. The Labute approximate surface area is 157 Å². The largest absolute Gasteiger partial charge is 0.305 e. The van der Waals surface area contributed by atoms with E-state index in [4.69, 9.17) is 0 Å². The Balaban J connectivity index is 1.88. The molecule has 0 radical (unpaired) electrons. The summed E-state index contributed by atoms with van der Waals surface area (Å²) in [5.74, 6) is 1.68. The van der Waals surface area contributed by atoms with Gasteiger partial charge < -0.3 is 4.57 Å². The van der Waals surface area contributed by atoms with Crippen LogP contribution in [0.1, 0.15) is 39.5 Å². The van der Waals surface area contributed by atoms with E-state index in [2.05, 4.69) is 28.2 Å². The van der Waals surface area contributed by atoms with Gasteiger partial charge in [-0.15, -0.1) is 10.2 Å². The minimum Gasteiger partial charge on any atom is -0.305 e. The van der Waals surface area contributed by atoms with E-state index in [0.29, 0.717) is 0 Å². The number of carbonyl (C=O) groups excluding carboxylic acids is 1. The van der Waals surface area contributed by atoms with Gasteiger partial charge in [0.2, 0.25) is 0 Å². The number of nitrogens with zero attached hydrogens (tertiary/aromatic N) is 4. The summed E-state index contributed by atoms with van der Waals surface area (Å²) in [6.45, 7) is 7.76. The summed E-state index contributed by atoms with van der Waals surface area (Å²) >= 11 is 1.63. The Morgan fingerprint density at radius 1 is 1.12 bits per heavy atom. The van der Waals surface area contributed by atoms with Crippen molar-refractivity contribution in [3.63, 3.8) is 0 Å². The third-order valence-corrected chi connectivity index (χ3v) is 5.65. The van der Waals surface area contributed by atoms with Crippen LogP contribution in [0.25, 0.3) is 11.4 Å². The second-order valence-electron chi connectivity index (χ2n) is 6.43. The molecule has 0 saturated heterocycles. The SMILES string of the molecule is CC(=O)c1c(C)cc(C)c(CSc2nnc(-c3ccncc3)n2C)c1C. The Bertz CT molecular complexity index is 964. The van der Waals surface area contributed by atoms with Crippen molar-refractivity contribution in [2.75, 3.05) is 0 Å². The fraction of sp³-hybridized carbons (Fsp3) is 0.300. The van der Waals surface area contributed by atoms with Crippen LogP contribution in [0.3, 0.4) is 0 Å². The van der Waals surface area contributed by atoms with E-state index in [1.165, 1.54) is 11.1 Å². The Hall–Kier alpha value is -2.47. The summed E-state index contributed by atoms with van der Waals surface area (Å²) in [6.07, 6.45) is 3.50. The number of thioether (sulfide) groups is 1. The van der Waals surface area contributed by atoms with Crippen LogP contribution in [0, 0.1) is 20.8 Å². The van der Waals surface area contributed by atoms with Crippen molar-refractivity contribution in [2.45, 2.75) is 38.6 Å². The lowest BCUT2D eigenvalue weighted by molar-refractivity contribution is 0.101. The first-order valence-corrected chi connectivity index (χ1v) is 9.42. The van der Waals surface area contributed by atoms with Crippen molar-refractivity contribution in [1.82, 2.24) is 19.7 Å². The average molecular weight is 366 g/mol. The first-order valence-electron chi connectivity index (χ1n) is 8.43. The van der Waals surface area contributed by atoms with Gasteiger partial charge in [-0.1, -0.05) is 17.8 Å². The molecule has 6 heteroatoms. The number of hydrogen-bond acceptors (Lipinski definition) is 5. The lowest BCUT2D eigenvalue weighted by atomic mass is 9.92. The zero-order valence-electron chi connectivity index (χ0n) is 15.7. The quantitative estimate of drug-likeness (QED) is 0.498. The summed E-state index contributed by atoms with van der Waals surface area (Å²) in [7, 11) is 1.97. The van der Waals surface area contributed by atoms with Crippen LogP contribution in [-0.2, 0) is 12.8 Å². The van der Waals surface area contributed by atoms with Gasteiger partial charge in [-0.3, -0.25) is 9.78 Å². The molecule has 0 spiro atoms. The smallest absolute Gasteiger partial charge is 0.191 e. The summed E-state index contributed by atoms with van der Waals surface area (Å²) in [4.78, 5) is 16.0. The third kappa shape index (κ3) is 3.42. The Kier molecular flexibility index (Phi) is 5.23. The molecule has 0 bridgehead atoms. The topological polar surface area (TPSA) is 60.7 Å². The normalized spacial score (nSPS) is 11.0. The minimum atomic E-state index is 0.116. The minimum absolute atomic E-state index is 0.116. The van der Waals surface area contributed by atoms with Gasteiger partial charge in [-0.25, -0.2) is 0 Å². The predicted molar refractivity (Wildman–Crippen MR) is 104 cm³/mol. The van der Waals surface area contributed by atoms with Crippen LogP contribution in [0.2, 0.25) is 0 Å². The summed E-state index contributed by atoms with van der Waals surface area (Å²) in [5, 5.41) is 9.49. The second-order valence-corrected chi connectivity index (χ2v) is 7.38. The summed E-state index contributed by atoms with van der Waals surface area (Å²) < 4.78 is 1.99. The van der Waals surface area contributed by atoms with Crippen LogP contribution in [0.15, 0.2) is 35.7 Å². The van der Waals surface area contributed by atoms with E-state index in [0.717, 1.165) is 39.0 Å². The maximum Gasteiger partial charge on any atom is 0.191 e. The summed E-state index contributed by atoms with van der Waals surface area (Å²) in [5.41, 5.74) is 6.33. The van der Waals surface area contributed by atoms with Crippen molar-refractivity contribution in [1.29, 1.82) is 0 Å². The van der Waals surface area contributed by atoms with Crippen LogP contribution < -0.4 is 0 Å². The van der Waals surface area contributed by atoms with Gasteiger partial charge in [0, 0.05) is 36.3 Å². The number of aromatic nitrogens is 4. The van der Waals surface area contributed by atoms with Gasteiger partial charge in [-0.05, 0) is 62.1 Å². The molecule has 0 saturated carbocycles. The van der Waals surface area contributed by atoms with Crippen molar-refractivity contribution < 1.29 is 4.79 Å². The van der Waals surface area contributed by atoms with E-state index in [1.54, 1.807) is 31.1 Å². The zero-order valence-corrected chi connectivity index (χ0v) is 16.5. The van der Waals surface area contributed by atoms with E-state index >= 15 is 0 Å². The molecule has 0 unspecified atom stereocenters. The molecule has 134 valence electrons.